The Morgan fingerprint density at radius 3 is 2.16 bits per heavy atom. The molecule has 0 saturated carbocycles. The highest BCUT2D eigenvalue weighted by molar-refractivity contribution is 5.94. The maximum atomic E-state index is 12.4. The topological polar surface area (TPSA) is 84.5 Å². The third-order valence-electron chi connectivity index (χ3n) is 3.56. The Morgan fingerprint density at radius 2 is 1.56 bits per heavy atom. The predicted octanol–water partition coefficient (Wildman–Crippen LogP) is 1.84. The fourth-order valence-electron chi connectivity index (χ4n) is 2.21. The molecule has 0 saturated heterocycles. The molecule has 6 heteroatoms. The summed E-state index contributed by atoms with van der Waals surface area (Å²) >= 11 is 0. The number of carbonyl (C=O) groups is 3. The van der Waals surface area contributed by atoms with Gasteiger partial charge in [-0.3, -0.25) is 14.4 Å². The van der Waals surface area contributed by atoms with Crippen LogP contribution in [0.1, 0.15) is 28.4 Å². The Bertz CT molecular complexity index is 717. The number of benzene rings is 2. The fourth-order valence-corrected chi connectivity index (χ4v) is 2.21. The van der Waals surface area contributed by atoms with E-state index in [1.807, 2.05) is 36.4 Å². The number of hydrogen-bond donors (Lipinski definition) is 2. The van der Waals surface area contributed by atoms with Crippen LogP contribution in [0.4, 0.5) is 0 Å². The highest BCUT2D eigenvalue weighted by Gasteiger charge is 2.20. The predicted molar refractivity (Wildman–Crippen MR) is 92.7 cm³/mol. The summed E-state index contributed by atoms with van der Waals surface area (Å²) in [6.07, 6.45) is -0.0699. The van der Waals surface area contributed by atoms with E-state index in [9.17, 15) is 14.4 Å². The van der Waals surface area contributed by atoms with E-state index in [1.54, 1.807) is 24.3 Å². The van der Waals surface area contributed by atoms with E-state index >= 15 is 0 Å². The molecule has 0 radical (unpaired) electrons. The molecule has 1 unspecified atom stereocenters. The van der Waals surface area contributed by atoms with E-state index in [1.165, 1.54) is 7.05 Å². The van der Waals surface area contributed by atoms with Crippen molar-refractivity contribution in [1.29, 1.82) is 0 Å². The molecule has 0 bridgehead atoms. The van der Waals surface area contributed by atoms with Gasteiger partial charge in [-0.05, 0) is 17.7 Å². The first kappa shape index (κ1) is 18.2. The van der Waals surface area contributed by atoms with Crippen molar-refractivity contribution in [3.05, 3.63) is 71.8 Å². The summed E-state index contributed by atoms with van der Waals surface area (Å²) in [6.45, 7) is -0.344. The van der Waals surface area contributed by atoms with Crippen LogP contribution >= 0.6 is 0 Å². The van der Waals surface area contributed by atoms with Crippen LogP contribution in [0.2, 0.25) is 0 Å². The molecule has 0 spiro atoms. The normalized spacial score (nSPS) is 11.2. The van der Waals surface area contributed by atoms with Gasteiger partial charge in [0.1, 0.15) is 0 Å². The lowest BCUT2D eigenvalue weighted by Gasteiger charge is -2.18. The molecule has 0 heterocycles. The van der Waals surface area contributed by atoms with Gasteiger partial charge >= 0.3 is 5.97 Å². The minimum absolute atomic E-state index is 0.0699. The molecule has 0 fully saturated rings. The van der Waals surface area contributed by atoms with Gasteiger partial charge in [-0.1, -0.05) is 48.5 Å². The van der Waals surface area contributed by atoms with Gasteiger partial charge < -0.3 is 15.4 Å². The molecule has 6 nitrogen and oxygen atoms in total. The van der Waals surface area contributed by atoms with Crippen molar-refractivity contribution in [2.24, 2.45) is 0 Å². The molecule has 2 amide bonds. The molecular weight excluding hydrogens is 320 g/mol. The van der Waals surface area contributed by atoms with Crippen molar-refractivity contribution < 1.29 is 19.1 Å². The first-order valence-electron chi connectivity index (χ1n) is 7.87. The molecule has 1 atom stereocenters. The summed E-state index contributed by atoms with van der Waals surface area (Å²) in [5.74, 6) is -1.24. The summed E-state index contributed by atoms with van der Waals surface area (Å²) < 4.78 is 4.93. The lowest BCUT2D eigenvalue weighted by Crippen LogP contribution is -2.31. The quantitative estimate of drug-likeness (QED) is 0.753. The van der Waals surface area contributed by atoms with Gasteiger partial charge in [0, 0.05) is 12.6 Å². The highest BCUT2D eigenvalue weighted by Crippen LogP contribution is 2.18. The number of esters is 1. The van der Waals surface area contributed by atoms with Gasteiger partial charge in [0.05, 0.1) is 12.5 Å². The van der Waals surface area contributed by atoms with E-state index < -0.39 is 17.9 Å². The molecule has 0 aliphatic rings. The van der Waals surface area contributed by atoms with E-state index in [4.69, 9.17) is 4.74 Å². The number of carbonyl (C=O) groups excluding carboxylic acids is 3. The van der Waals surface area contributed by atoms with Gasteiger partial charge in [0.2, 0.25) is 0 Å². The zero-order valence-electron chi connectivity index (χ0n) is 13.9. The summed E-state index contributed by atoms with van der Waals surface area (Å²) in [6, 6.07) is 17.3. The first-order valence-corrected chi connectivity index (χ1v) is 7.87. The Balaban J connectivity index is 2.07. The van der Waals surface area contributed by atoms with Crippen LogP contribution < -0.4 is 10.6 Å². The van der Waals surface area contributed by atoms with E-state index in [0.717, 1.165) is 5.56 Å². The number of rotatable bonds is 7. The number of ether oxygens (including phenoxy) is 1. The Labute approximate surface area is 146 Å². The monoisotopic (exact) mass is 340 g/mol. The number of likely N-dealkylation sites (N-methyl/N-ethyl adjacent to an activating group) is 1. The third kappa shape index (κ3) is 5.76. The SMILES string of the molecule is CNC(=O)COC(=O)CC(NC(=O)c1ccccc1)c1ccccc1. The second kappa shape index (κ2) is 9.22. The van der Waals surface area contributed by atoms with Crippen LogP contribution in [0.25, 0.3) is 0 Å². The summed E-state index contributed by atoms with van der Waals surface area (Å²) in [7, 11) is 1.46. The van der Waals surface area contributed by atoms with Crippen LogP contribution in [0, 0.1) is 0 Å². The van der Waals surface area contributed by atoms with Crippen LogP contribution in [-0.2, 0) is 14.3 Å². The van der Waals surface area contributed by atoms with Crippen LogP contribution in [0.3, 0.4) is 0 Å². The van der Waals surface area contributed by atoms with Crippen molar-refractivity contribution in [3.8, 4) is 0 Å². The summed E-state index contributed by atoms with van der Waals surface area (Å²) in [4.78, 5) is 35.6. The zero-order chi connectivity index (χ0) is 18.1. The van der Waals surface area contributed by atoms with Gasteiger partial charge in [0.25, 0.3) is 11.8 Å². The lowest BCUT2D eigenvalue weighted by molar-refractivity contribution is -0.148. The van der Waals surface area contributed by atoms with Gasteiger partial charge in [0.15, 0.2) is 6.61 Å². The molecule has 0 aromatic heterocycles. The second-order valence-corrected chi connectivity index (χ2v) is 5.34. The van der Waals surface area contributed by atoms with Crippen molar-refractivity contribution >= 4 is 17.8 Å². The molecule has 130 valence electrons. The van der Waals surface area contributed by atoms with Crippen LogP contribution in [-0.4, -0.2) is 31.4 Å². The minimum atomic E-state index is -0.564. The van der Waals surface area contributed by atoms with Crippen LogP contribution in [0.15, 0.2) is 60.7 Å². The number of hydrogen-bond acceptors (Lipinski definition) is 4. The fraction of sp³-hybridized carbons (Fsp3) is 0.211. The Hall–Kier alpha value is -3.15. The van der Waals surface area contributed by atoms with Crippen molar-refractivity contribution in [1.82, 2.24) is 10.6 Å². The molecule has 2 aromatic rings. The van der Waals surface area contributed by atoms with Crippen LogP contribution in [0.5, 0.6) is 0 Å². The van der Waals surface area contributed by atoms with E-state index in [2.05, 4.69) is 10.6 Å². The Morgan fingerprint density at radius 1 is 0.960 bits per heavy atom. The molecular formula is C19H20N2O4. The number of amides is 2. The lowest BCUT2D eigenvalue weighted by atomic mass is 10.0. The smallest absolute Gasteiger partial charge is 0.308 e. The third-order valence-corrected chi connectivity index (χ3v) is 3.56. The highest BCUT2D eigenvalue weighted by atomic mass is 16.5. The van der Waals surface area contributed by atoms with Gasteiger partial charge in [-0.15, -0.1) is 0 Å². The molecule has 2 rings (SSSR count). The average Bonchev–Trinajstić information content (AvgIpc) is 2.66. The number of nitrogens with one attached hydrogen (secondary N) is 2. The maximum Gasteiger partial charge on any atom is 0.308 e. The minimum Gasteiger partial charge on any atom is -0.456 e. The van der Waals surface area contributed by atoms with Crippen molar-refractivity contribution in [2.45, 2.75) is 12.5 Å². The van der Waals surface area contributed by atoms with Gasteiger partial charge in [-0.2, -0.15) is 0 Å². The zero-order valence-corrected chi connectivity index (χ0v) is 13.9. The average molecular weight is 340 g/mol. The van der Waals surface area contributed by atoms with Gasteiger partial charge in [-0.25, -0.2) is 0 Å². The second-order valence-electron chi connectivity index (χ2n) is 5.34. The molecule has 0 aliphatic carbocycles. The van der Waals surface area contributed by atoms with E-state index in [-0.39, 0.29) is 18.9 Å². The Kier molecular flexibility index (Phi) is 6.71. The van der Waals surface area contributed by atoms with E-state index in [0.29, 0.717) is 5.56 Å². The molecule has 2 N–H and O–H groups in total. The van der Waals surface area contributed by atoms with Crippen molar-refractivity contribution in [2.75, 3.05) is 13.7 Å². The maximum absolute atomic E-state index is 12.4. The first-order chi connectivity index (χ1) is 12.1. The molecule has 25 heavy (non-hydrogen) atoms. The molecule has 2 aromatic carbocycles. The molecule has 0 aliphatic heterocycles. The largest absolute Gasteiger partial charge is 0.456 e. The summed E-state index contributed by atoms with van der Waals surface area (Å²) in [5.41, 5.74) is 1.28. The van der Waals surface area contributed by atoms with Crippen molar-refractivity contribution in [3.63, 3.8) is 0 Å². The summed E-state index contributed by atoms with van der Waals surface area (Å²) in [5, 5.41) is 5.21. The standard InChI is InChI=1S/C19H20N2O4/c1-20-17(22)13-25-18(23)12-16(14-8-4-2-5-9-14)21-19(24)15-10-6-3-7-11-15/h2-11,16H,12-13H2,1H3,(H,20,22)(H,21,24).